The van der Waals surface area contributed by atoms with Gasteiger partial charge in [0.2, 0.25) is 5.91 Å². The second-order valence-electron chi connectivity index (χ2n) is 5.51. The number of benzene rings is 1. The van der Waals surface area contributed by atoms with Crippen molar-refractivity contribution in [3.8, 4) is 5.75 Å². The molecular formula is C15H22ClN3O2. The van der Waals surface area contributed by atoms with Crippen LogP contribution < -0.4 is 15.8 Å². The van der Waals surface area contributed by atoms with E-state index in [1.807, 2.05) is 0 Å². The lowest BCUT2D eigenvalue weighted by molar-refractivity contribution is -0.117. The van der Waals surface area contributed by atoms with Crippen LogP contribution in [0.4, 0.5) is 5.69 Å². The van der Waals surface area contributed by atoms with Crippen molar-refractivity contribution in [2.45, 2.75) is 19.4 Å². The van der Waals surface area contributed by atoms with Crippen molar-refractivity contribution in [3.63, 3.8) is 0 Å². The van der Waals surface area contributed by atoms with Gasteiger partial charge in [0.1, 0.15) is 5.75 Å². The van der Waals surface area contributed by atoms with Crippen LogP contribution in [0.1, 0.15) is 13.3 Å². The minimum atomic E-state index is -0.0694. The molecule has 0 bridgehead atoms. The van der Waals surface area contributed by atoms with Crippen LogP contribution in [0.15, 0.2) is 18.2 Å². The number of halogens is 1. The lowest BCUT2D eigenvalue weighted by Crippen LogP contribution is -2.36. The van der Waals surface area contributed by atoms with Crippen LogP contribution in [0.25, 0.3) is 0 Å². The molecule has 5 nitrogen and oxygen atoms in total. The molecule has 116 valence electrons. The van der Waals surface area contributed by atoms with Crippen LogP contribution in [-0.2, 0) is 4.79 Å². The van der Waals surface area contributed by atoms with Gasteiger partial charge in [0.05, 0.1) is 19.3 Å². The van der Waals surface area contributed by atoms with Crippen molar-refractivity contribution in [1.82, 2.24) is 4.90 Å². The van der Waals surface area contributed by atoms with E-state index in [4.69, 9.17) is 22.1 Å². The molecule has 0 aliphatic carbocycles. The number of carbonyl (C=O) groups excluding carboxylic acids is 1. The molecule has 1 fully saturated rings. The smallest absolute Gasteiger partial charge is 0.238 e. The van der Waals surface area contributed by atoms with Gasteiger partial charge < -0.3 is 15.8 Å². The van der Waals surface area contributed by atoms with E-state index < -0.39 is 0 Å². The summed E-state index contributed by atoms with van der Waals surface area (Å²) in [5.41, 5.74) is 6.30. The first-order valence-corrected chi connectivity index (χ1v) is 7.48. The molecule has 0 aromatic heterocycles. The minimum Gasteiger partial charge on any atom is -0.495 e. The van der Waals surface area contributed by atoms with Crippen molar-refractivity contribution in [2.24, 2.45) is 11.7 Å². The largest absolute Gasteiger partial charge is 0.495 e. The third-order valence-corrected chi connectivity index (χ3v) is 4.14. The van der Waals surface area contributed by atoms with Gasteiger partial charge in [0.25, 0.3) is 0 Å². The molecule has 0 radical (unpaired) electrons. The molecule has 1 aliphatic heterocycles. The first kappa shape index (κ1) is 16.1. The number of anilines is 1. The van der Waals surface area contributed by atoms with Crippen LogP contribution in [0.3, 0.4) is 0 Å². The Balaban J connectivity index is 1.97. The summed E-state index contributed by atoms with van der Waals surface area (Å²) in [6.45, 7) is 4.03. The highest BCUT2D eigenvalue weighted by molar-refractivity contribution is 6.31. The molecule has 1 aromatic carbocycles. The fourth-order valence-corrected chi connectivity index (χ4v) is 2.93. The summed E-state index contributed by atoms with van der Waals surface area (Å²) < 4.78 is 5.22. The fourth-order valence-electron chi connectivity index (χ4n) is 2.76. The molecule has 6 heteroatoms. The predicted octanol–water partition coefficient (Wildman–Crippen LogP) is 1.96. The van der Waals surface area contributed by atoms with Crippen LogP contribution in [0.2, 0.25) is 5.02 Å². The van der Waals surface area contributed by atoms with Crippen molar-refractivity contribution in [1.29, 1.82) is 0 Å². The summed E-state index contributed by atoms with van der Waals surface area (Å²) in [6, 6.07) is 5.53. The number of likely N-dealkylation sites (tertiary alicyclic amines) is 1. The van der Waals surface area contributed by atoms with Gasteiger partial charge in [-0.1, -0.05) is 11.6 Å². The number of nitrogens with one attached hydrogen (secondary N) is 1. The second kappa shape index (κ2) is 7.11. The Morgan fingerprint density at radius 2 is 2.33 bits per heavy atom. The fraction of sp³-hybridized carbons (Fsp3) is 0.533. The van der Waals surface area contributed by atoms with Crippen molar-refractivity contribution < 1.29 is 9.53 Å². The molecule has 1 aromatic rings. The Hall–Kier alpha value is -1.30. The molecule has 1 heterocycles. The first-order valence-electron chi connectivity index (χ1n) is 7.11. The highest BCUT2D eigenvalue weighted by Gasteiger charge is 2.29. The van der Waals surface area contributed by atoms with E-state index in [0.29, 0.717) is 41.5 Å². The number of hydrogen-bond acceptors (Lipinski definition) is 4. The minimum absolute atomic E-state index is 0.0694. The van der Waals surface area contributed by atoms with Gasteiger partial charge in [-0.15, -0.1) is 0 Å². The SMILES string of the molecule is COc1ccc(Cl)cc1NC(=O)CN1CC(CN)CC1C. The molecule has 3 N–H and O–H groups in total. The van der Waals surface area contributed by atoms with Crippen LogP contribution >= 0.6 is 11.6 Å². The number of carbonyl (C=O) groups is 1. The van der Waals surface area contributed by atoms with E-state index in [-0.39, 0.29) is 5.91 Å². The first-order chi connectivity index (χ1) is 10.0. The number of methoxy groups -OCH3 is 1. The monoisotopic (exact) mass is 311 g/mol. The third kappa shape index (κ3) is 4.09. The maximum absolute atomic E-state index is 12.2. The molecular weight excluding hydrogens is 290 g/mol. The zero-order chi connectivity index (χ0) is 15.4. The molecule has 1 aliphatic rings. The Morgan fingerprint density at radius 3 is 2.95 bits per heavy atom. The quantitative estimate of drug-likeness (QED) is 0.872. The van der Waals surface area contributed by atoms with Gasteiger partial charge in [-0.3, -0.25) is 9.69 Å². The maximum Gasteiger partial charge on any atom is 0.238 e. The number of nitrogens with zero attached hydrogens (tertiary/aromatic N) is 1. The topological polar surface area (TPSA) is 67.6 Å². The highest BCUT2D eigenvalue weighted by atomic mass is 35.5. The predicted molar refractivity (Wildman–Crippen MR) is 84.8 cm³/mol. The lowest BCUT2D eigenvalue weighted by atomic mass is 10.1. The van der Waals surface area contributed by atoms with Gasteiger partial charge in [0.15, 0.2) is 0 Å². The summed E-state index contributed by atoms with van der Waals surface area (Å²) >= 11 is 5.96. The Labute approximate surface area is 130 Å². The van der Waals surface area contributed by atoms with Gasteiger partial charge >= 0.3 is 0 Å². The zero-order valence-electron chi connectivity index (χ0n) is 12.4. The van der Waals surface area contributed by atoms with Crippen LogP contribution in [0, 0.1) is 5.92 Å². The van der Waals surface area contributed by atoms with Gasteiger partial charge in [-0.05, 0) is 44.0 Å². The van der Waals surface area contributed by atoms with Gasteiger partial charge in [-0.25, -0.2) is 0 Å². The van der Waals surface area contributed by atoms with E-state index in [1.54, 1.807) is 25.3 Å². The van der Waals surface area contributed by atoms with E-state index in [0.717, 1.165) is 13.0 Å². The second-order valence-corrected chi connectivity index (χ2v) is 5.95. The molecule has 2 unspecified atom stereocenters. The molecule has 0 saturated carbocycles. The summed E-state index contributed by atoms with van der Waals surface area (Å²) in [5, 5.41) is 3.42. The van der Waals surface area contributed by atoms with Crippen LogP contribution in [0.5, 0.6) is 5.75 Å². The van der Waals surface area contributed by atoms with Crippen LogP contribution in [-0.4, -0.2) is 43.6 Å². The van der Waals surface area contributed by atoms with E-state index in [2.05, 4.69) is 17.1 Å². The molecule has 2 atom stereocenters. The van der Waals surface area contributed by atoms with Crippen molar-refractivity contribution in [3.05, 3.63) is 23.2 Å². The molecule has 21 heavy (non-hydrogen) atoms. The summed E-state index contributed by atoms with van der Waals surface area (Å²) in [5.74, 6) is 1.01. The Morgan fingerprint density at radius 1 is 1.57 bits per heavy atom. The Bertz CT molecular complexity index is 510. The van der Waals surface area contributed by atoms with Crippen molar-refractivity contribution >= 4 is 23.2 Å². The molecule has 0 spiro atoms. The third-order valence-electron chi connectivity index (χ3n) is 3.91. The van der Waals surface area contributed by atoms with E-state index in [1.165, 1.54) is 0 Å². The van der Waals surface area contributed by atoms with E-state index in [9.17, 15) is 4.79 Å². The van der Waals surface area contributed by atoms with Gasteiger partial charge in [-0.2, -0.15) is 0 Å². The standard InChI is InChI=1S/C15H22ClN3O2/c1-10-5-11(7-17)8-19(10)9-15(20)18-13-6-12(16)3-4-14(13)21-2/h3-4,6,10-11H,5,7-9,17H2,1-2H3,(H,18,20). The molecule has 1 saturated heterocycles. The molecule has 2 rings (SSSR count). The summed E-state index contributed by atoms with van der Waals surface area (Å²) in [6.07, 6.45) is 1.05. The van der Waals surface area contributed by atoms with Gasteiger partial charge in [0, 0.05) is 17.6 Å². The van der Waals surface area contributed by atoms with E-state index >= 15 is 0 Å². The lowest BCUT2D eigenvalue weighted by Gasteiger charge is -2.20. The average Bonchev–Trinajstić information content (AvgIpc) is 2.79. The zero-order valence-corrected chi connectivity index (χ0v) is 13.2. The Kier molecular flexibility index (Phi) is 5.45. The molecule has 1 amide bonds. The normalized spacial score (nSPS) is 22.3. The maximum atomic E-state index is 12.2. The number of rotatable bonds is 5. The number of hydrogen-bond donors (Lipinski definition) is 2. The highest BCUT2D eigenvalue weighted by Crippen LogP contribution is 2.28. The van der Waals surface area contributed by atoms with Crippen molar-refractivity contribution in [2.75, 3.05) is 32.1 Å². The average molecular weight is 312 g/mol. The summed E-state index contributed by atoms with van der Waals surface area (Å²) in [7, 11) is 1.56. The number of amides is 1. The number of ether oxygens (including phenoxy) is 1. The summed E-state index contributed by atoms with van der Waals surface area (Å²) in [4.78, 5) is 14.4. The number of nitrogens with two attached hydrogens (primary N) is 1.